The fourth-order valence-electron chi connectivity index (χ4n) is 5.51. The number of hydrogen-bond acceptors (Lipinski definition) is 4. The third-order valence-corrected chi connectivity index (χ3v) is 7.86. The average molecular weight is 373 g/mol. The maximum Gasteiger partial charge on any atom is 0.107 e. The van der Waals surface area contributed by atoms with Gasteiger partial charge in [-0.05, 0) is 57.8 Å². The Kier molecular flexibility index (Phi) is 4.87. The second kappa shape index (κ2) is 6.20. The zero-order chi connectivity index (χ0) is 18.7. The van der Waals surface area contributed by atoms with Gasteiger partial charge < -0.3 is 20.1 Å². The number of allylic oxidation sites excluding steroid dienone is 1. The number of aliphatic hydroxyl groups is 3. The van der Waals surface area contributed by atoms with E-state index in [4.69, 9.17) is 16.3 Å². The van der Waals surface area contributed by atoms with Gasteiger partial charge in [0.15, 0.2) is 0 Å². The number of alkyl halides is 1. The molecule has 6 atom stereocenters. The van der Waals surface area contributed by atoms with E-state index in [0.29, 0.717) is 12.8 Å². The van der Waals surface area contributed by atoms with E-state index in [2.05, 4.69) is 13.5 Å². The lowest BCUT2D eigenvalue weighted by molar-refractivity contribution is -0.0344. The van der Waals surface area contributed by atoms with E-state index >= 15 is 0 Å². The molecule has 0 radical (unpaired) electrons. The summed E-state index contributed by atoms with van der Waals surface area (Å²) >= 11 is 6.47. The van der Waals surface area contributed by atoms with Crippen molar-refractivity contribution >= 4 is 11.6 Å². The van der Waals surface area contributed by atoms with Gasteiger partial charge in [0.05, 0.1) is 23.7 Å². The third-order valence-electron chi connectivity index (χ3n) is 7.23. The number of rotatable bonds is 2. The van der Waals surface area contributed by atoms with Gasteiger partial charge in [-0.15, -0.1) is 11.6 Å². The maximum absolute atomic E-state index is 11.0. The van der Waals surface area contributed by atoms with Crippen molar-refractivity contribution < 1.29 is 20.1 Å². The van der Waals surface area contributed by atoms with Gasteiger partial charge in [0, 0.05) is 12.3 Å². The molecule has 2 saturated carbocycles. The number of hydrogen-bond donors (Lipinski definition) is 3. The zero-order valence-corrected chi connectivity index (χ0v) is 16.5. The monoisotopic (exact) mass is 372 g/mol. The van der Waals surface area contributed by atoms with Crippen LogP contribution in [0.4, 0.5) is 0 Å². The molecule has 5 heteroatoms. The minimum Gasteiger partial charge on any atom is -0.393 e. The minimum absolute atomic E-state index is 0.0146. The molecule has 1 spiro atoms. The Morgan fingerprint density at radius 1 is 1.28 bits per heavy atom. The van der Waals surface area contributed by atoms with Gasteiger partial charge in [0.1, 0.15) is 11.2 Å². The fourth-order valence-corrected chi connectivity index (χ4v) is 5.78. The van der Waals surface area contributed by atoms with Crippen molar-refractivity contribution in [3.8, 4) is 0 Å². The van der Waals surface area contributed by atoms with Crippen LogP contribution in [0.5, 0.6) is 0 Å². The van der Waals surface area contributed by atoms with Crippen LogP contribution in [0, 0.1) is 11.3 Å². The molecule has 1 aliphatic heterocycles. The van der Waals surface area contributed by atoms with Gasteiger partial charge in [-0.1, -0.05) is 19.1 Å². The van der Waals surface area contributed by atoms with Crippen LogP contribution in [0.1, 0.15) is 65.7 Å². The minimum atomic E-state index is -1.37. The van der Waals surface area contributed by atoms with Crippen LogP contribution in [0.2, 0.25) is 0 Å². The highest BCUT2D eigenvalue weighted by Crippen LogP contribution is 2.68. The van der Waals surface area contributed by atoms with E-state index in [0.717, 1.165) is 37.7 Å². The van der Waals surface area contributed by atoms with E-state index in [1.807, 2.05) is 13.8 Å². The maximum atomic E-state index is 11.0. The molecule has 144 valence electrons. The van der Waals surface area contributed by atoms with Crippen LogP contribution in [0.25, 0.3) is 0 Å². The Morgan fingerprint density at radius 2 is 1.96 bits per heavy atom. The predicted octanol–water partition coefficient (Wildman–Crippen LogP) is 3.16. The first-order valence-electron chi connectivity index (χ1n) is 9.53. The van der Waals surface area contributed by atoms with Crippen molar-refractivity contribution in [3.05, 3.63) is 12.2 Å². The van der Waals surface area contributed by atoms with Gasteiger partial charge in [0.2, 0.25) is 0 Å². The molecule has 0 aromatic heterocycles. The van der Waals surface area contributed by atoms with Crippen LogP contribution in [-0.2, 0) is 4.74 Å². The number of epoxide rings is 1. The Balaban J connectivity index is 1.98. The first-order chi connectivity index (χ1) is 11.5. The first kappa shape index (κ1) is 19.6. The SMILES string of the molecule is C=C1CC[C@H](Cl)C(O)(CO)CC2OC23[C@H](C(C)(C)O)CCC3(C)CC1. The summed E-state index contributed by atoms with van der Waals surface area (Å²) in [6.07, 6.45) is 5.28. The summed E-state index contributed by atoms with van der Waals surface area (Å²) in [5.41, 5.74) is -1.59. The topological polar surface area (TPSA) is 73.2 Å². The highest BCUT2D eigenvalue weighted by atomic mass is 35.5. The third kappa shape index (κ3) is 3.08. The Morgan fingerprint density at radius 3 is 2.56 bits per heavy atom. The second-order valence-corrected chi connectivity index (χ2v) is 9.95. The summed E-state index contributed by atoms with van der Waals surface area (Å²) in [7, 11) is 0. The molecule has 0 aromatic carbocycles. The summed E-state index contributed by atoms with van der Waals surface area (Å²) in [4.78, 5) is 0. The van der Waals surface area contributed by atoms with Gasteiger partial charge in [-0.25, -0.2) is 0 Å². The summed E-state index contributed by atoms with van der Waals surface area (Å²) in [5, 5.41) is 31.0. The molecule has 1 saturated heterocycles. The molecule has 1 heterocycles. The van der Waals surface area contributed by atoms with Crippen molar-refractivity contribution in [3.63, 3.8) is 0 Å². The smallest absolute Gasteiger partial charge is 0.107 e. The molecule has 25 heavy (non-hydrogen) atoms. The number of ether oxygens (including phenoxy) is 1. The molecule has 3 fully saturated rings. The summed E-state index contributed by atoms with van der Waals surface area (Å²) in [5.74, 6) is 0.0146. The molecule has 4 nitrogen and oxygen atoms in total. The highest BCUT2D eigenvalue weighted by Gasteiger charge is 2.75. The van der Waals surface area contributed by atoms with Crippen LogP contribution < -0.4 is 0 Å². The fraction of sp³-hybridized carbons (Fsp3) is 0.900. The molecule has 0 aromatic rings. The summed E-state index contributed by atoms with van der Waals surface area (Å²) in [6.45, 7) is 9.75. The van der Waals surface area contributed by atoms with Crippen molar-refractivity contribution in [2.45, 2.75) is 94.0 Å². The van der Waals surface area contributed by atoms with E-state index in [1.165, 1.54) is 0 Å². The lowest BCUT2D eigenvalue weighted by Crippen LogP contribution is -2.49. The molecule has 4 unspecified atom stereocenters. The molecular formula is C20H33ClO4. The van der Waals surface area contributed by atoms with E-state index < -0.39 is 22.2 Å². The van der Waals surface area contributed by atoms with Crippen LogP contribution >= 0.6 is 11.6 Å². The predicted molar refractivity (Wildman–Crippen MR) is 98.6 cm³/mol. The molecule has 3 rings (SSSR count). The summed E-state index contributed by atoms with van der Waals surface area (Å²) < 4.78 is 6.30. The van der Waals surface area contributed by atoms with Crippen molar-refractivity contribution in [2.24, 2.45) is 11.3 Å². The van der Waals surface area contributed by atoms with Crippen LogP contribution in [0.3, 0.4) is 0 Å². The molecule has 3 N–H and O–H groups in total. The van der Waals surface area contributed by atoms with E-state index in [-0.39, 0.29) is 24.0 Å². The quantitative estimate of drug-likeness (QED) is 0.395. The van der Waals surface area contributed by atoms with Gasteiger partial charge in [0.25, 0.3) is 0 Å². The van der Waals surface area contributed by atoms with E-state index in [1.54, 1.807) is 0 Å². The normalized spacial score (nSPS) is 48.4. The van der Waals surface area contributed by atoms with Crippen molar-refractivity contribution in [2.75, 3.05) is 6.61 Å². The zero-order valence-electron chi connectivity index (χ0n) is 15.7. The van der Waals surface area contributed by atoms with Gasteiger partial charge in [-0.2, -0.15) is 0 Å². The number of aliphatic hydroxyl groups excluding tert-OH is 1. The largest absolute Gasteiger partial charge is 0.393 e. The van der Waals surface area contributed by atoms with Crippen molar-refractivity contribution in [1.82, 2.24) is 0 Å². The lowest BCUT2D eigenvalue weighted by atomic mass is 9.67. The lowest BCUT2D eigenvalue weighted by Gasteiger charge is -2.38. The van der Waals surface area contributed by atoms with Crippen LogP contribution in [-0.4, -0.2) is 50.2 Å². The van der Waals surface area contributed by atoms with Crippen molar-refractivity contribution in [1.29, 1.82) is 0 Å². The summed E-state index contributed by atoms with van der Waals surface area (Å²) in [6, 6.07) is 0. The molecule has 0 amide bonds. The standard InChI is InChI=1S/C20H33ClO4/c1-13-5-6-15(21)19(24,12-22)11-16-20(25-16)14(17(2,3)23)8-10-18(20,4)9-7-13/h14-16,22-24H,1,5-12H2,2-4H3/t14-,15-,16?,18?,19?,20?/m0/s1. The van der Waals surface area contributed by atoms with Gasteiger partial charge >= 0.3 is 0 Å². The van der Waals surface area contributed by atoms with Crippen LogP contribution in [0.15, 0.2) is 12.2 Å². The second-order valence-electron chi connectivity index (χ2n) is 9.43. The average Bonchev–Trinajstić information content (AvgIpc) is 3.14. The Bertz CT molecular complexity index is 544. The Labute approximate surface area is 156 Å². The van der Waals surface area contributed by atoms with E-state index in [9.17, 15) is 15.3 Å². The molecule has 2 aliphatic carbocycles. The molecular weight excluding hydrogens is 340 g/mol. The van der Waals surface area contributed by atoms with Gasteiger partial charge in [-0.3, -0.25) is 0 Å². The first-order valence-corrected chi connectivity index (χ1v) is 9.96. The Hall–Kier alpha value is -0.130. The molecule has 0 bridgehead atoms. The molecule has 3 aliphatic rings. The number of halogens is 1. The highest BCUT2D eigenvalue weighted by molar-refractivity contribution is 6.21.